The molecule has 0 aliphatic heterocycles. The van der Waals surface area contributed by atoms with Crippen LogP contribution in [0.1, 0.15) is 43.9 Å². The molecule has 1 aromatic carbocycles. The molecular weight excluding hydrogens is 262 g/mol. The second-order valence-electron chi connectivity index (χ2n) is 5.26. The molecule has 112 valence electrons. The van der Waals surface area contributed by atoms with E-state index in [0.717, 1.165) is 29.4 Å². The van der Waals surface area contributed by atoms with Crippen LogP contribution in [0.25, 0.3) is 0 Å². The molecule has 1 atom stereocenters. The van der Waals surface area contributed by atoms with Crippen LogP contribution >= 0.6 is 0 Å². The lowest BCUT2D eigenvalue weighted by Crippen LogP contribution is -2.23. The van der Waals surface area contributed by atoms with E-state index in [-0.39, 0.29) is 12.1 Å². The third-order valence-electron chi connectivity index (χ3n) is 3.06. The van der Waals surface area contributed by atoms with E-state index in [1.165, 1.54) is 0 Å². The third kappa shape index (κ3) is 4.26. The maximum absolute atomic E-state index is 5.78. The Morgan fingerprint density at radius 2 is 2.05 bits per heavy atom. The summed E-state index contributed by atoms with van der Waals surface area (Å²) in [5.74, 6) is 1.67. The minimum Gasteiger partial charge on any atom is -0.491 e. The standard InChI is InChI=1S/C17H23N3O/c1-5-18-17(16-9-10-19-13(4)20-16)14-7-6-8-15(11-14)21-12(2)3/h6-12,17-18H,5H2,1-4H3. The Labute approximate surface area is 126 Å². The quantitative estimate of drug-likeness (QED) is 0.885. The van der Waals surface area contributed by atoms with Crippen molar-refractivity contribution in [3.63, 3.8) is 0 Å². The molecule has 4 nitrogen and oxygen atoms in total. The zero-order valence-electron chi connectivity index (χ0n) is 13.1. The van der Waals surface area contributed by atoms with E-state index in [9.17, 15) is 0 Å². The van der Waals surface area contributed by atoms with Crippen LogP contribution in [0, 0.1) is 6.92 Å². The van der Waals surface area contributed by atoms with Crippen molar-refractivity contribution in [3.05, 3.63) is 53.6 Å². The van der Waals surface area contributed by atoms with Crippen LogP contribution in [0.2, 0.25) is 0 Å². The summed E-state index contributed by atoms with van der Waals surface area (Å²) in [5, 5.41) is 3.48. The van der Waals surface area contributed by atoms with Crippen LogP contribution in [-0.2, 0) is 0 Å². The van der Waals surface area contributed by atoms with Crippen LogP contribution in [0.4, 0.5) is 0 Å². The molecule has 0 spiro atoms. The molecule has 2 rings (SSSR count). The molecule has 21 heavy (non-hydrogen) atoms. The van der Waals surface area contributed by atoms with E-state index in [1.54, 1.807) is 6.20 Å². The van der Waals surface area contributed by atoms with Gasteiger partial charge in [0.15, 0.2) is 0 Å². The van der Waals surface area contributed by atoms with Crippen molar-refractivity contribution in [2.24, 2.45) is 0 Å². The number of aromatic nitrogens is 2. The predicted octanol–water partition coefficient (Wildman–Crippen LogP) is 3.27. The van der Waals surface area contributed by atoms with E-state index in [1.807, 2.05) is 39.0 Å². The number of rotatable bonds is 6. The molecule has 0 bridgehead atoms. The van der Waals surface area contributed by atoms with Crippen molar-refractivity contribution >= 4 is 0 Å². The number of benzene rings is 1. The van der Waals surface area contributed by atoms with Gasteiger partial charge in [0.25, 0.3) is 0 Å². The Balaban J connectivity index is 2.34. The van der Waals surface area contributed by atoms with Gasteiger partial charge in [0.05, 0.1) is 17.8 Å². The maximum atomic E-state index is 5.78. The Morgan fingerprint density at radius 3 is 2.71 bits per heavy atom. The summed E-state index contributed by atoms with van der Waals surface area (Å²) >= 11 is 0. The van der Waals surface area contributed by atoms with Crippen molar-refractivity contribution in [3.8, 4) is 5.75 Å². The highest BCUT2D eigenvalue weighted by molar-refractivity contribution is 5.34. The van der Waals surface area contributed by atoms with E-state index in [2.05, 4.69) is 34.3 Å². The number of nitrogens with one attached hydrogen (secondary N) is 1. The third-order valence-corrected chi connectivity index (χ3v) is 3.06. The van der Waals surface area contributed by atoms with Gasteiger partial charge in [-0.2, -0.15) is 0 Å². The Bertz CT molecular complexity index is 584. The lowest BCUT2D eigenvalue weighted by atomic mass is 10.0. The molecule has 1 unspecified atom stereocenters. The highest BCUT2D eigenvalue weighted by atomic mass is 16.5. The first kappa shape index (κ1) is 15.4. The molecule has 0 amide bonds. The summed E-state index contributed by atoms with van der Waals surface area (Å²) in [7, 11) is 0. The number of hydrogen-bond acceptors (Lipinski definition) is 4. The maximum Gasteiger partial charge on any atom is 0.125 e. The van der Waals surface area contributed by atoms with E-state index < -0.39 is 0 Å². The highest BCUT2D eigenvalue weighted by Gasteiger charge is 2.15. The monoisotopic (exact) mass is 285 g/mol. The lowest BCUT2D eigenvalue weighted by Gasteiger charge is -2.19. The molecule has 1 aromatic heterocycles. The van der Waals surface area contributed by atoms with E-state index in [0.29, 0.717) is 0 Å². The van der Waals surface area contributed by atoms with Gasteiger partial charge in [-0.1, -0.05) is 19.1 Å². The summed E-state index contributed by atoms with van der Waals surface area (Å²) < 4.78 is 5.78. The molecule has 0 aliphatic rings. The van der Waals surface area contributed by atoms with E-state index >= 15 is 0 Å². The summed E-state index contributed by atoms with van der Waals surface area (Å²) in [6.07, 6.45) is 1.97. The number of nitrogens with zero attached hydrogens (tertiary/aromatic N) is 2. The van der Waals surface area contributed by atoms with Crippen molar-refractivity contribution in [1.82, 2.24) is 15.3 Å². The molecular formula is C17H23N3O. The van der Waals surface area contributed by atoms with Gasteiger partial charge in [0, 0.05) is 6.20 Å². The fourth-order valence-electron chi connectivity index (χ4n) is 2.27. The van der Waals surface area contributed by atoms with Gasteiger partial charge in [-0.3, -0.25) is 0 Å². The van der Waals surface area contributed by atoms with Gasteiger partial charge in [-0.15, -0.1) is 0 Å². The van der Waals surface area contributed by atoms with Gasteiger partial charge >= 0.3 is 0 Å². The molecule has 4 heteroatoms. The Kier molecular flexibility index (Phi) is 5.28. The largest absolute Gasteiger partial charge is 0.491 e. The second kappa shape index (κ2) is 7.18. The van der Waals surface area contributed by atoms with Crippen molar-refractivity contribution in [2.75, 3.05) is 6.54 Å². The van der Waals surface area contributed by atoms with Gasteiger partial charge in [0.1, 0.15) is 11.6 Å². The van der Waals surface area contributed by atoms with Crippen LogP contribution in [0.15, 0.2) is 36.5 Å². The molecule has 0 saturated carbocycles. The number of hydrogen-bond donors (Lipinski definition) is 1. The molecule has 0 fully saturated rings. The molecule has 0 radical (unpaired) electrons. The predicted molar refractivity (Wildman–Crippen MR) is 84.5 cm³/mol. The van der Waals surface area contributed by atoms with Crippen LogP contribution < -0.4 is 10.1 Å². The van der Waals surface area contributed by atoms with Crippen molar-refractivity contribution in [2.45, 2.75) is 39.8 Å². The molecule has 2 aromatic rings. The summed E-state index contributed by atoms with van der Waals surface area (Å²) in [6, 6.07) is 10.2. The summed E-state index contributed by atoms with van der Waals surface area (Å²) in [4.78, 5) is 8.71. The minimum absolute atomic E-state index is 0.0485. The first-order valence-electron chi connectivity index (χ1n) is 7.39. The number of ether oxygens (including phenoxy) is 1. The molecule has 1 N–H and O–H groups in total. The van der Waals surface area contributed by atoms with Crippen LogP contribution in [0.5, 0.6) is 5.75 Å². The van der Waals surface area contributed by atoms with Gasteiger partial charge in [-0.05, 0) is 51.1 Å². The first-order valence-corrected chi connectivity index (χ1v) is 7.39. The minimum atomic E-state index is 0.0485. The Morgan fingerprint density at radius 1 is 1.24 bits per heavy atom. The van der Waals surface area contributed by atoms with Gasteiger partial charge in [0.2, 0.25) is 0 Å². The second-order valence-corrected chi connectivity index (χ2v) is 5.26. The average Bonchev–Trinajstić information content (AvgIpc) is 2.44. The average molecular weight is 285 g/mol. The fourth-order valence-corrected chi connectivity index (χ4v) is 2.27. The van der Waals surface area contributed by atoms with Gasteiger partial charge < -0.3 is 10.1 Å². The summed E-state index contributed by atoms with van der Waals surface area (Å²) in [5.41, 5.74) is 2.12. The topological polar surface area (TPSA) is 47.0 Å². The van der Waals surface area contributed by atoms with Crippen molar-refractivity contribution < 1.29 is 4.74 Å². The van der Waals surface area contributed by atoms with Gasteiger partial charge in [-0.25, -0.2) is 9.97 Å². The fraction of sp³-hybridized carbons (Fsp3) is 0.412. The van der Waals surface area contributed by atoms with E-state index in [4.69, 9.17) is 4.74 Å². The SMILES string of the molecule is CCNC(c1cccc(OC(C)C)c1)c1ccnc(C)n1. The zero-order valence-corrected chi connectivity index (χ0v) is 13.1. The Hall–Kier alpha value is -1.94. The van der Waals surface area contributed by atoms with Crippen LogP contribution in [-0.4, -0.2) is 22.6 Å². The first-order chi connectivity index (χ1) is 10.1. The number of aryl methyl sites for hydroxylation is 1. The molecule has 1 heterocycles. The molecule has 0 saturated heterocycles. The summed E-state index contributed by atoms with van der Waals surface area (Å²) in [6.45, 7) is 8.92. The van der Waals surface area contributed by atoms with Crippen LogP contribution in [0.3, 0.4) is 0 Å². The normalized spacial score (nSPS) is 12.4. The molecule has 0 aliphatic carbocycles. The lowest BCUT2D eigenvalue weighted by molar-refractivity contribution is 0.242. The smallest absolute Gasteiger partial charge is 0.125 e. The highest BCUT2D eigenvalue weighted by Crippen LogP contribution is 2.24. The zero-order chi connectivity index (χ0) is 15.2. The van der Waals surface area contributed by atoms with Crippen molar-refractivity contribution in [1.29, 1.82) is 0 Å².